The van der Waals surface area contributed by atoms with E-state index in [2.05, 4.69) is 34.7 Å². The van der Waals surface area contributed by atoms with E-state index in [0.29, 0.717) is 11.5 Å². The molecule has 4 rings (SSSR count). The van der Waals surface area contributed by atoms with Crippen LogP contribution >= 0.6 is 17.0 Å². The van der Waals surface area contributed by atoms with Gasteiger partial charge >= 0.3 is 0 Å². The van der Waals surface area contributed by atoms with Gasteiger partial charge in [0.05, 0.1) is 5.56 Å². The second-order valence-electron chi connectivity index (χ2n) is 6.24. The molecule has 1 fully saturated rings. The van der Waals surface area contributed by atoms with Gasteiger partial charge in [0.25, 0.3) is 5.56 Å². The summed E-state index contributed by atoms with van der Waals surface area (Å²) in [4.78, 5) is 12.4. The standard InChI is InChI=1S/C20H20N2O2.BrH/c23-20-18(19(24-22-20)15-9-11-21-12-10-15)17-8-4-7-16(13-17)14-5-2-1-3-6-14;/h1-8,13,15,21H,9-12H2,(H,22,23);1H. The minimum Gasteiger partial charge on any atom is -0.383 e. The molecule has 5 heteroatoms. The zero-order chi connectivity index (χ0) is 16.4. The number of hydrogen-bond acceptors (Lipinski definition) is 3. The maximum Gasteiger partial charge on any atom is 0.288 e. The molecule has 1 saturated heterocycles. The van der Waals surface area contributed by atoms with E-state index in [0.717, 1.165) is 48.4 Å². The van der Waals surface area contributed by atoms with Crippen LogP contribution in [0.4, 0.5) is 0 Å². The molecule has 0 bridgehead atoms. The Bertz CT molecular complexity index is 880. The minimum atomic E-state index is -0.145. The van der Waals surface area contributed by atoms with Gasteiger partial charge in [-0.1, -0.05) is 48.5 Å². The first-order chi connectivity index (χ1) is 11.8. The van der Waals surface area contributed by atoms with Gasteiger partial charge in [-0.15, -0.1) is 17.0 Å². The monoisotopic (exact) mass is 400 g/mol. The summed E-state index contributed by atoms with van der Waals surface area (Å²) in [6.07, 6.45) is 1.98. The SMILES string of the molecule is Br.O=c1[nH]oc(C2CCNCC2)c1-c1cccc(-c2ccccc2)c1. The number of benzene rings is 2. The van der Waals surface area contributed by atoms with Gasteiger partial charge in [-0.3, -0.25) is 4.79 Å². The third-order valence-corrected chi connectivity index (χ3v) is 4.70. The molecule has 25 heavy (non-hydrogen) atoms. The number of rotatable bonds is 3. The van der Waals surface area contributed by atoms with E-state index in [9.17, 15) is 4.79 Å². The van der Waals surface area contributed by atoms with Crippen molar-refractivity contribution in [1.29, 1.82) is 0 Å². The quantitative estimate of drug-likeness (QED) is 0.686. The van der Waals surface area contributed by atoms with Crippen molar-refractivity contribution >= 4 is 17.0 Å². The first kappa shape index (κ1) is 17.7. The van der Waals surface area contributed by atoms with Crippen LogP contribution in [0.25, 0.3) is 22.3 Å². The summed E-state index contributed by atoms with van der Waals surface area (Å²) in [7, 11) is 0. The first-order valence-corrected chi connectivity index (χ1v) is 8.41. The predicted octanol–water partition coefficient (Wildman–Crippen LogP) is 4.35. The lowest BCUT2D eigenvalue weighted by Gasteiger charge is -2.21. The summed E-state index contributed by atoms with van der Waals surface area (Å²) in [6.45, 7) is 1.92. The van der Waals surface area contributed by atoms with Gasteiger partial charge in [-0.2, -0.15) is 5.16 Å². The lowest BCUT2D eigenvalue weighted by molar-refractivity contribution is 0.326. The zero-order valence-electron chi connectivity index (χ0n) is 13.8. The Kier molecular flexibility index (Phi) is 5.56. The van der Waals surface area contributed by atoms with Crippen LogP contribution < -0.4 is 10.9 Å². The minimum absolute atomic E-state index is 0. The van der Waals surface area contributed by atoms with Gasteiger partial charge in [0.15, 0.2) is 0 Å². The lowest BCUT2D eigenvalue weighted by Crippen LogP contribution is -2.26. The van der Waals surface area contributed by atoms with Crippen molar-refractivity contribution in [3.63, 3.8) is 0 Å². The Morgan fingerprint density at radius 1 is 0.880 bits per heavy atom. The third-order valence-electron chi connectivity index (χ3n) is 4.70. The number of piperidine rings is 1. The highest BCUT2D eigenvalue weighted by Crippen LogP contribution is 2.33. The molecule has 130 valence electrons. The molecule has 1 aromatic heterocycles. The highest BCUT2D eigenvalue weighted by atomic mass is 79.9. The molecule has 4 nitrogen and oxygen atoms in total. The molecule has 2 heterocycles. The third kappa shape index (κ3) is 3.62. The molecule has 0 aliphatic carbocycles. The largest absolute Gasteiger partial charge is 0.383 e. The fraction of sp³-hybridized carbons (Fsp3) is 0.250. The van der Waals surface area contributed by atoms with Gasteiger partial charge in [0.2, 0.25) is 0 Å². The van der Waals surface area contributed by atoms with Crippen LogP contribution in [-0.2, 0) is 0 Å². The van der Waals surface area contributed by atoms with Crippen molar-refractivity contribution in [2.24, 2.45) is 0 Å². The van der Waals surface area contributed by atoms with Crippen LogP contribution in [0.15, 0.2) is 63.9 Å². The van der Waals surface area contributed by atoms with E-state index < -0.39 is 0 Å². The van der Waals surface area contributed by atoms with Crippen molar-refractivity contribution in [2.45, 2.75) is 18.8 Å². The second-order valence-corrected chi connectivity index (χ2v) is 6.24. The van der Waals surface area contributed by atoms with Crippen LogP contribution in [0.3, 0.4) is 0 Å². The van der Waals surface area contributed by atoms with Gasteiger partial charge in [0, 0.05) is 5.92 Å². The summed E-state index contributed by atoms with van der Waals surface area (Å²) in [5.74, 6) is 1.09. The lowest BCUT2D eigenvalue weighted by atomic mass is 9.90. The van der Waals surface area contributed by atoms with Gasteiger partial charge in [-0.05, 0) is 48.7 Å². The number of aromatic amines is 1. The molecule has 1 aliphatic heterocycles. The van der Waals surface area contributed by atoms with Crippen molar-refractivity contribution in [3.8, 4) is 22.3 Å². The van der Waals surface area contributed by atoms with E-state index in [1.54, 1.807) is 0 Å². The summed E-state index contributed by atoms with van der Waals surface area (Å²) in [6, 6.07) is 18.3. The molecular formula is C20H21BrN2O2. The van der Waals surface area contributed by atoms with E-state index >= 15 is 0 Å². The second kappa shape index (κ2) is 7.85. The highest BCUT2D eigenvalue weighted by molar-refractivity contribution is 8.93. The summed E-state index contributed by atoms with van der Waals surface area (Å²) in [5, 5.41) is 5.89. The van der Waals surface area contributed by atoms with E-state index in [1.807, 2.05) is 30.3 Å². The molecule has 3 aromatic rings. The smallest absolute Gasteiger partial charge is 0.288 e. The van der Waals surface area contributed by atoms with Crippen LogP contribution in [0.2, 0.25) is 0 Å². The van der Waals surface area contributed by atoms with Crippen LogP contribution in [-0.4, -0.2) is 18.2 Å². The Hall–Kier alpha value is -2.11. The predicted molar refractivity (Wildman–Crippen MR) is 105 cm³/mol. The summed E-state index contributed by atoms with van der Waals surface area (Å²) in [5.41, 5.74) is 3.70. The first-order valence-electron chi connectivity index (χ1n) is 8.41. The van der Waals surface area contributed by atoms with Crippen molar-refractivity contribution in [2.75, 3.05) is 13.1 Å². The fourth-order valence-electron chi connectivity index (χ4n) is 3.45. The molecule has 1 aliphatic rings. The number of halogens is 1. The Morgan fingerprint density at radius 3 is 2.32 bits per heavy atom. The summed E-state index contributed by atoms with van der Waals surface area (Å²) >= 11 is 0. The van der Waals surface area contributed by atoms with Crippen molar-refractivity contribution in [1.82, 2.24) is 10.5 Å². The average Bonchev–Trinajstić information content (AvgIpc) is 3.05. The number of aromatic nitrogens is 1. The maximum absolute atomic E-state index is 12.4. The topological polar surface area (TPSA) is 58.0 Å². The Labute approximate surface area is 157 Å². The number of hydrogen-bond donors (Lipinski definition) is 2. The normalized spacial score (nSPS) is 14.9. The van der Waals surface area contributed by atoms with Crippen molar-refractivity contribution in [3.05, 3.63) is 70.7 Å². The van der Waals surface area contributed by atoms with Gasteiger partial charge < -0.3 is 9.84 Å². The van der Waals surface area contributed by atoms with Crippen LogP contribution in [0.1, 0.15) is 24.5 Å². The zero-order valence-corrected chi connectivity index (χ0v) is 15.5. The molecule has 2 aromatic carbocycles. The molecule has 0 atom stereocenters. The molecular weight excluding hydrogens is 380 g/mol. The van der Waals surface area contributed by atoms with Gasteiger partial charge in [0.1, 0.15) is 5.76 Å². The molecule has 0 saturated carbocycles. The number of H-pyrrole nitrogens is 1. The van der Waals surface area contributed by atoms with Crippen molar-refractivity contribution < 1.29 is 4.52 Å². The molecule has 0 amide bonds. The maximum atomic E-state index is 12.4. The highest BCUT2D eigenvalue weighted by Gasteiger charge is 2.25. The Balaban J connectivity index is 0.00000182. The van der Waals surface area contributed by atoms with E-state index in [-0.39, 0.29) is 22.5 Å². The van der Waals surface area contributed by atoms with E-state index in [4.69, 9.17) is 4.52 Å². The summed E-state index contributed by atoms with van der Waals surface area (Å²) < 4.78 is 5.57. The molecule has 0 spiro atoms. The average molecular weight is 401 g/mol. The Morgan fingerprint density at radius 2 is 1.56 bits per heavy atom. The van der Waals surface area contributed by atoms with E-state index in [1.165, 1.54) is 0 Å². The molecule has 0 unspecified atom stereocenters. The number of nitrogens with one attached hydrogen (secondary N) is 2. The molecule has 2 N–H and O–H groups in total. The van der Waals surface area contributed by atoms with Gasteiger partial charge in [-0.25, -0.2) is 0 Å². The molecule has 0 radical (unpaired) electrons. The fourth-order valence-corrected chi connectivity index (χ4v) is 3.45. The van der Waals surface area contributed by atoms with Crippen LogP contribution in [0.5, 0.6) is 0 Å². The van der Waals surface area contributed by atoms with Crippen LogP contribution in [0, 0.1) is 0 Å².